The first kappa shape index (κ1) is 33.4. The molecule has 0 bridgehead atoms. The number of nitrogens with zero attached hydrogens (tertiary/aromatic N) is 2. The Kier molecular flexibility index (Phi) is 7.74. The monoisotopic (exact) mass is 718 g/mol. The zero-order chi connectivity index (χ0) is 36.6. The fourth-order valence-corrected chi connectivity index (χ4v) is 8.39. The van der Waals surface area contributed by atoms with E-state index in [1.807, 2.05) is 48.5 Å². The third-order valence-electron chi connectivity index (χ3n) is 10.8. The van der Waals surface area contributed by atoms with E-state index in [1.165, 1.54) is 0 Å². The van der Waals surface area contributed by atoms with Gasteiger partial charge in [0.2, 0.25) is 11.4 Å². The van der Waals surface area contributed by atoms with Gasteiger partial charge in [-0.15, -0.1) is 0 Å². The Morgan fingerprint density at radius 3 is 2.55 bits per heavy atom. The molecule has 2 aliphatic heterocycles. The lowest BCUT2D eigenvalue weighted by Crippen LogP contribution is -2.44. The highest BCUT2D eigenvalue weighted by Crippen LogP contribution is 2.64. The largest absolute Gasteiger partial charge is 0.514 e. The van der Waals surface area contributed by atoms with Crippen LogP contribution in [0.2, 0.25) is 0 Å². The van der Waals surface area contributed by atoms with Crippen LogP contribution < -0.4 is 14.2 Å². The van der Waals surface area contributed by atoms with Gasteiger partial charge in [0.05, 0.1) is 5.56 Å². The number of Topliss-reactive ketones (excluding diaryl/α,β-unsaturated/α-hetero) is 2. The molecule has 3 heterocycles. The highest BCUT2D eigenvalue weighted by atomic mass is 16.7. The number of likely N-dealkylation sites (tertiary alicyclic amines) is 1. The molecule has 0 N–H and O–H groups in total. The van der Waals surface area contributed by atoms with E-state index in [0.29, 0.717) is 71.3 Å². The number of carbonyl (C=O) groups excluding carboxylic acids is 4. The van der Waals surface area contributed by atoms with Gasteiger partial charge in [0.15, 0.2) is 29.3 Å². The molecule has 3 atom stereocenters. The van der Waals surface area contributed by atoms with Crippen LogP contribution in [0, 0.1) is 11.8 Å². The first-order valence-electron chi connectivity index (χ1n) is 18.0. The van der Waals surface area contributed by atoms with Gasteiger partial charge in [0.1, 0.15) is 30.1 Å². The van der Waals surface area contributed by atoms with Gasteiger partial charge in [-0.25, -0.2) is 4.79 Å². The van der Waals surface area contributed by atoms with Gasteiger partial charge in [-0.05, 0) is 81.4 Å². The smallest absolute Gasteiger partial charge is 0.485 e. The predicted molar refractivity (Wildman–Crippen MR) is 188 cm³/mol. The minimum atomic E-state index is -1.34. The number of rotatable bonds is 9. The highest BCUT2D eigenvalue weighted by Gasteiger charge is 2.72. The van der Waals surface area contributed by atoms with Gasteiger partial charge in [0, 0.05) is 40.8 Å². The molecule has 0 saturated carbocycles. The maximum absolute atomic E-state index is 15.0. The van der Waals surface area contributed by atoms with E-state index in [2.05, 4.69) is 10.1 Å². The number of carbonyl (C=O) groups is 4. The van der Waals surface area contributed by atoms with E-state index in [9.17, 15) is 19.2 Å². The number of aromatic nitrogens is 1. The van der Waals surface area contributed by atoms with E-state index in [0.717, 1.165) is 30.6 Å². The summed E-state index contributed by atoms with van der Waals surface area (Å²) >= 11 is 0. The number of epoxide rings is 1. The zero-order valence-corrected chi connectivity index (χ0v) is 29.7. The van der Waals surface area contributed by atoms with Crippen LogP contribution in [0.5, 0.6) is 17.4 Å². The van der Waals surface area contributed by atoms with Crippen LogP contribution in [-0.2, 0) is 40.3 Å². The summed E-state index contributed by atoms with van der Waals surface area (Å²) in [6.07, 6.45) is 1.96. The second-order valence-electron chi connectivity index (χ2n) is 15.4. The molecular formula is C41H38N2O10. The zero-order valence-electron chi connectivity index (χ0n) is 29.7. The number of aldehydes is 1. The second kappa shape index (κ2) is 12.3. The Balaban J connectivity index is 1.15. The number of hydrogen-bond acceptors (Lipinski definition) is 12. The van der Waals surface area contributed by atoms with E-state index in [4.69, 9.17) is 28.2 Å². The molecule has 1 unspecified atom stereocenters. The van der Waals surface area contributed by atoms with Gasteiger partial charge < -0.3 is 28.2 Å². The molecule has 9 rings (SSSR count). The summed E-state index contributed by atoms with van der Waals surface area (Å²) in [4.78, 5) is 56.6. The van der Waals surface area contributed by atoms with Crippen LogP contribution in [-0.4, -0.2) is 65.0 Å². The molecule has 4 aromatic rings. The summed E-state index contributed by atoms with van der Waals surface area (Å²) in [7, 11) is 0. The van der Waals surface area contributed by atoms with Crippen LogP contribution in [0.25, 0.3) is 10.8 Å². The Labute approximate surface area is 304 Å². The molecule has 2 fully saturated rings. The molecule has 1 spiro atoms. The molecule has 0 amide bonds. The third-order valence-corrected chi connectivity index (χ3v) is 10.8. The van der Waals surface area contributed by atoms with Crippen LogP contribution in [0.1, 0.15) is 76.8 Å². The molecule has 12 nitrogen and oxygen atoms in total. The fourth-order valence-electron chi connectivity index (χ4n) is 8.39. The van der Waals surface area contributed by atoms with Crippen molar-refractivity contribution in [1.29, 1.82) is 0 Å². The van der Waals surface area contributed by atoms with Crippen molar-refractivity contribution < 1.29 is 47.4 Å². The normalized spacial score (nSPS) is 22.7. The topological polar surface area (TPSA) is 147 Å². The van der Waals surface area contributed by atoms with Crippen LogP contribution in [0.15, 0.2) is 64.4 Å². The number of hydrogen-bond donors (Lipinski definition) is 0. The molecule has 0 radical (unpaired) electrons. The molecule has 5 aliphatic rings. The molecule has 1 aromatic heterocycles. The summed E-state index contributed by atoms with van der Waals surface area (Å²) in [6.45, 7) is 7.78. The van der Waals surface area contributed by atoms with Crippen molar-refractivity contribution in [3.05, 3.63) is 93.4 Å². The average molecular weight is 719 g/mol. The van der Waals surface area contributed by atoms with Crippen molar-refractivity contribution in [2.45, 2.75) is 70.8 Å². The first-order valence-corrected chi connectivity index (χ1v) is 18.0. The summed E-state index contributed by atoms with van der Waals surface area (Å²) in [6, 6.07) is 15.3. The SMILES string of the molecule is CC(C)(C)OC(=O)Oc1c2c(c(OCC=O)c3ccc(CN4CCC4)cc13)CC1C[C@H]3Cc4onc(OCc5ccccc5)c4C(=O)[C@]34OC4=C1C2=O. The van der Waals surface area contributed by atoms with Crippen molar-refractivity contribution in [2.75, 3.05) is 19.7 Å². The van der Waals surface area contributed by atoms with Crippen LogP contribution in [0.4, 0.5) is 4.79 Å². The lowest BCUT2D eigenvalue weighted by Gasteiger charge is -2.36. The highest BCUT2D eigenvalue weighted by molar-refractivity contribution is 6.20. The van der Waals surface area contributed by atoms with E-state index < -0.39 is 23.1 Å². The van der Waals surface area contributed by atoms with Gasteiger partial charge in [-0.2, -0.15) is 0 Å². The van der Waals surface area contributed by atoms with Crippen LogP contribution >= 0.6 is 0 Å². The Hall–Kier alpha value is -5.49. The molecular weight excluding hydrogens is 680 g/mol. The summed E-state index contributed by atoms with van der Waals surface area (Å²) in [5.74, 6) is -0.133. The third kappa shape index (κ3) is 5.49. The van der Waals surface area contributed by atoms with Gasteiger partial charge >= 0.3 is 6.16 Å². The second-order valence-corrected chi connectivity index (χ2v) is 15.4. The van der Waals surface area contributed by atoms with E-state index in [-0.39, 0.29) is 53.6 Å². The number of ketones is 2. The average Bonchev–Trinajstić information content (AvgIpc) is 3.73. The Bertz CT molecular complexity index is 2250. The van der Waals surface area contributed by atoms with E-state index >= 15 is 0 Å². The maximum atomic E-state index is 15.0. The Morgan fingerprint density at radius 2 is 1.81 bits per heavy atom. The number of allylic oxidation sites excluding steroid dienone is 1. The van der Waals surface area contributed by atoms with Gasteiger partial charge in [0.25, 0.3) is 5.88 Å². The Morgan fingerprint density at radius 1 is 1.00 bits per heavy atom. The van der Waals surface area contributed by atoms with Crippen molar-refractivity contribution in [3.63, 3.8) is 0 Å². The quantitative estimate of drug-likeness (QED) is 0.0823. The molecule has 2 saturated heterocycles. The van der Waals surface area contributed by atoms with Gasteiger partial charge in [-0.3, -0.25) is 19.3 Å². The first-order chi connectivity index (χ1) is 25.6. The maximum Gasteiger partial charge on any atom is 0.514 e. The predicted octanol–water partition coefficient (Wildman–Crippen LogP) is 6.34. The molecule has 272 valence electrons. The number of ether oxygens (including phenoxy) is 5. The van der Waals surface area contributed by atoms with E-state index in [1.54, 1.807) is 20.8 Å². The van der Waals surface area contributed by atoms with Crippen molar-refractivity contribution in [3.8, 4) is 17.4 Å². The van der Waals surface area contributed by atoms with Crippen LogP contribution in [0.3, 0.4) is 0 Å². The molecule has 3 aromatic carbocycles. The van der Waals surface area contributed by atoms with Crippen molar-refractivity contribution in [2.24, 2.45) is 11.8 Å². The molecule has 53 heavy (non-hydrogen) atoms. The van der Waals surface area contributed by atoms with Crippen molar-refractivity contribution in [1.82, 2.24) is 10.1 Å². The summed E-state index contributed by atoms with van der Waals surface area (Å²) < 4.78 is 35.6. The fraction of sp³-hybridized carbons (Fsp3) is 0.390. The van der Waals surface area contributed by atoms with Crippen molar-refractivity contribution >= 4 is 34.8 Å². The standard InChI is InChI=1S/C41H38N2O10/c1-40(2,3)52-39(47)50-35-27-16-23(20-43-12-7-13-43)10-11-26(27)34(48-15-14-44)28-18-24-17-25-19-29-32(38(42-53-29)49-21-22-8-5-4-6-9-22)36(46)41(25)37(51-41)30(24)33(45)31(28)35/h4-6,8-11,14,16,24-25H,7,12-13,15,17-21H2,1-3H3/t24?,25-,41+/m0/s1. The minimum absolute atomic E-state index is 0.0504. The van der Waals surface area contributed by atoms with Gasteiger partial charge in [-0.1, -0.05) is 42.5 Å². The lowest BCUT2D eigenvalue weighted by atomic mass is 9.63. The lowest BCUT2D eigenvalue weighted by molar-refractivity contribution is -0.109. The summed E-state index contributed by atoms with van der Waals surface area (Å²) in [5.41, 5.74) is 0.932. The molecule has 12 heteroatoms. The number of benzene rings is 3. The molecule has 3 aliphatic carbocycles. The number of fused-ring (bicyclic) bond motifs is 4. The summed E-state index contributed by atoms with van der Waals surface area (Å²) in [5, 5.41) is 5.20. The minimum Gasteiger partial charge on any atom is -0.485 e.